The van der Waals surface area contributed by atoms with Crippen LogP contribution in [0.3, 0.4) is 0 Å². The molecule has 4 bridgehead atoms. The van der Waals surface area contributed by atoms with E-state index in [1.165, 1.54) is 24.0 Å². The predicted molar refractivity (Wildman–Crippen MR) is 181 cm³/mol. The number of hydrogen-bond donors (Lipinski definition) is 1. The SMILES string of the molecule is CC(=O)N(C)c1ccc(CN2C(=O)c3cccc(c3)S(=O)(=O)Nc3nc(cc(-c4c(C)cccc4C)n3)OC[C@H]2CC(C)(C)C)nc1. The zero-order valence-corrected chi connectivity index (χ0v) is 28.6. The van der Waals surface area contributed by atoms with Crippen molar-refractivity contribution in [1.29, 1.82) is 0 Å². The standard InChI is InChI=1S/C35H40N6O5S/c1-22-10-8-11-23(2)32(22)30-17-31-38-34(37-30)39-47(44,45)29-13-9-12-25(16-29)33(43)41(28(21-46-31)18-35(4,5)6)20-26-14-15-27(19-36-26)40(7)24(3)42/h8-17,19,28H,18,20-21H2,1-7H3,(H,37,38,39)/t28-/m1/s1. The minimum absolute atomic E-state index is 0.0727. The molecule has 0 saturated heterocycles. The van der Waals surface area contributed by atoms with Gasteiger partial charge in [-0.3, -0.25) is 14.6 Å². The second-order valence-corrected chi connectivity index (χ2v) is 14.7. The van der Waals surface area contributed by atoms with E-state index >= 15 is 0 Å². The fourth-order valence-corrected chi connectivity index (χ4v) is 6.60. The first-order valence-electron chi connectivity index (χ1n) is 15.3. The van der Waals surface area contributed by atoms with E-state index in [1.807, 2.05) is 32.0 Å². The number of aromatic nitrogens is 3. The molecule has 47 heavy (non-hydrogen) atoms. The van der Waals surface area contributed by atoms with Gasteiger partial charge in [0.15, 0.2) is 0 Å². The Morgan fingerprint density at radius 2 is 1.74 bits per heavy atom. The average Bonchev–Trinajstić information content (AvgIpc) is 3.00. The van der Waals surface area contributed by atoms with E-state index in [1.54, 1.807) is 48.5 Å². The molecule has 2 aromatic carbocycles. The maximum Gasteiger partial charge on any atom is 0.264 e. The number of aryl methyl sites for hydroxylation is 2. The number of sulfonamides is 1. The molecule has 0 radical (unpaired) electrons. The Bertz CT molecular complexity index is 1900. The van der Waals surface area contributed by atoms with Crippen LogP contribution in [0.15, 0.2) is 71.8 Å². The van der Waals surface area contributed by atoms with Gasteiger partial charge in [0.1, 0.15) is 6.61 Å². The van der Waals surface area contributed by atoms with Gasteiger partial charge < -0.3 is 14.5 Å². The van der Waals surface area contributed by atoms with Crippen LogP contribution in [0, 0.1) is 19.3 Å². The van der Waals surface area contributed by atoms with Gasteiger partial charge in [0, 0.05) is 31.2 Å². The van der Waals surface area contributed by atoms with E-state index in [0.717, 1.165) is 16.7 Å². The summed E-state index contributed by atoms with van der Waals surface area (Å²) < 4.78 is 36.1. The van der Waals surface area contributed by atoms with Gasteiger partial charge in [-0.25, -0.2) is 18.1 Å². The third kappa shape index (κ3) is 7.76. The molecule has 1 N–H and O–H groups in total. The highest BCUT2D eigenvalue weighted by molar-refractivity contribution is 7.92. The molecular weight excluding hydrogens is 616 g/mol. The molecule has 0 unspecified atom stereocenters. The molecule has 4 aromatic rings. The molecule has 3 heterocycles. The van der Waals surface area contributed by atoms with Gasteiger partial charge in [0.2, 0.25) is 17.7 Å². The van der Waals surface area contributed by atoms with Gasteiger partial charge in [-0.2, -0.15) is 4.98 Å². The summed E-state index contributed by atoms with van der Waals surface area (Å²) in [4.78, 5) is 42.9. The Balaban J connectivity index is 1.64. The van der Waals surface area contributed by atoms with Crippen molar-refractivity contribution in [3.63, 3.8) is 0 Å². The molecule has 0 fully saturated rings. The number of benzene rings is 2. The van der Waals surface area contributed by atoms with Gasteiger partial charge in [0.25, 0.3) is 15.9 Å². The van der Waals surface area contributed by atoms with Crippen molar-refractivity contribution in [1.82, 2.24) is 19.9 Å². The summed E-state index contributed by atoms with van der Waals surface area (Å²) in [5, 5.41) is 0. The summed E-state index contributed by atoms with van der Waals surface area (Å²) >= 11 is 0. The minimum atomic E-state index is -4.19. The molecule has 2 amide bonds. The minimum Gasteiger partial charge on any atom is -0.475 e. The number of fused-ring (bicyclic) bond motifs is 4. The van der Waals surface area contributed by atoms with Crippen molar-refractivity contribution in [3.8, 4) is 17.1 Å². The molecule has 246 valence electrons. The van der Waals surface area contributed by atoms with Gasteiger partial charge in [-0.05, 0) is 67.1 Å². The number of nitrogens with zero attached hydrogens (tertiary/aromatic N) is 5. The Labute approximate surface area is 276 Å². The monoisotopic (exact) mass is 656 g/mol. The summed E-state index contributed by atoms with van der Waals surface area (Å²) in [5.74, 6) is -0.475. The number of nitrogens with one attached hydrogen (secondary N) is 1. The zero-order chi connectivity index (χ0) is 34.1. The molecule has 12 heteroatoms. The largest absolute Gasteiger partial charge is 0.475 e. The third-order valence-corrected chi connectivity index (χ3v) is 9.36. The molecular formula is C35H40N6O5S. The van der Waals surface area contributed by atoms with E-state index in [0.29, 0.717) is 23.5 Å². The van der Waals surface area contributed by atoms with Crippen molar-refractivity contribution >= 4 is 33.5 Å². The van der Waals surface area contributed by atoms with Crippen LogP contribution in [0.4, 0.5) is 11.6 Å². The number of carbonyl (C=O) groups is 2. The van der Waals surface area contributed by atoms with Crippen LogP contribution in [0.2, 0.25) is 0 Å². The lowest BCUT2D eigenvalue weighted by molar-refractivity contribution is -0.116. The van der Waals surface area contributed by atoms with Crippen molar-refractivity contribution in [2.45, 2.75) is 65.4 Å². The molecule has 0 aliphatic carbocycles. The lowest BCUT2D eigenvalue weighted by Crippen LogP contribution is -2.45. The Morgan fingerprint density at radius 3 is 2.38 bits per heavy atom. The fraction of sp³-hybridized carbons (Fsp3) is 0.343. The predicted octanol–water partition coefficient (Wildman–Crippen LogP) is 5.78. The molecule has 1 atom stereocenters. The highest BCUT2D eigenvalue weighted by atomic mass is 32.2. The first kappa shape index (κ1) is 33.5. The number of pyridine rings is 1. The molecule has 0 spiro atoms. The number of rotatable bonds is 5. The van der Waals surface area contributed by atoms with Crippen LogP contribution in [-0.2, 0) is 21.4 Å². The quantitative estimate of drug-likeness (QED) is 0.286. The highest BCUT2D eigenvalue weighted by Crippen LogP contribution is 2.32. The van der Waals surface area contributed by atoms with E-state index in [2.05, 4.69) is 40.4 Å². The molecule has 1 aliphatic rings. The number of carbonyl (C=O) groups excluding carboxylic acids is 2. The highest BCUT2D eigenvalue weighted by Gasteiger charge is 2.32. The maximum absolute atomic E-state index is 14.3. The van der Waals surface area contributed by atoms with Crippen LogP contribution in [0.25, 0.3) is 11.3 Å². The smallest absolute Gasteiger partial charge is 0.264 e. The molecule has 2 aromatic heterocycles. The summed E-state index contributed by atoms with van der Waals surface area (Å²) in [6.07, 6.45) is 2.15. The van der Waals surface area contributed by atoms with E-state index in [9.17, 15) is 18.0 Å². The molecule has 0 saturated carbocycles. The summed E-state index contributed by atoms with van der Waals surface area (Å²) in [6, 6.07) is 16.6. The Kier molecular flexibility index (Phi) is 9.35. The maximum atomic E-state index is 14.3. The van der Waals surface area contributed by atoms with Crippen LogP contribution in [0.1, 0.15) is 61.3 Å². The van der Waals surface area contributed by atoms with Gasteiger partial charge in [0.05, 0.1) is 40.8 Å². The van der Waals surface area contributed by atoms with Gasteiger partial charge in [-0.15, -0.1) is 0 Å². The molecule has 1 aliphatic heterocycles. The summed E-state index contributed by atoms with van der Waals surface area (Å²) in [7, 11) is -2.52. The number of amides is 2. The van der Waals surface area contributed by atoms with Crippen molar-refractivity contribution < 1.29 is 22.7 Å². The topological polar surface area (TPSA) is 135 Å². The van der Waals surface area contributed by atoms with Crippen molar-refractivity contribution in [3.05, 3.63) is 89.2 Å². The first-order chi connectivity index (χ1) is 22.1. The summed E-state index contributed by atoms with van der Waals surface area (Å²) in [5.41, 5.74) is 4.48. The number of anilines is 2. The lowest BCUT2D eigenvalue weighted by Gasteiger charge is -2.35. The normalized spacial score (nSPS) is 16.2. The number of ether oxygens (including phenoxy) is 1. The second-order valence-electron chi connectivity index (χ2n) is 13.1. The average molecular weight is 657 g/mol. The molecule has 5 rings (SSSR count). The van der Waals surface area contributed by atoms with Crippen molar-refractivity contribution in [2.24, 2.45) is 5.41 Å². The van der Waals surface area contributed by atoms with E-state index in [4.69, 9.17) is 4.74 Å². The Hall–Kier alpha value is -4.84. The van der Waals surface area contributed by atoms with Crippen molar-refractivity contribution in [2.75, 3.05) is 23.3 Å². The van der Waals surface area contributed by atoms with Gasteiger partial charge in [-0.1, -0.05) is 45.0 Å². The zero-order valence-electron chi connectivity index (χ0n) is 27.7. The second kappa shape index (κ2) is 13.1. The van der Waals surface area contributed by atoms with E-state index in [-0.39, 0.29) is 52.7 Å². The molecule has 11 nitrogen and oxygen atoms in total. The number of hydrogen-bond acceptors (Lipinski definition) is 8. The van der Waals surface area contributed by atoms with E-state index < -0.39 is 16.1 Å². The first-order valence-corrected chi connectivity index (χ1v) is 16.8. The summed E-state index contributed by atoms with van der Waals surface area (Å²) in [6.45, 7) is 11.8. The lowest BCUT2D eigenvalue weighted by atomic mass is 9.87. The van der Waals surface area contributed by atoms with Gasteiger partial charge >= 0.3 is 0 Å². The fourth-order valence-electron chi connectivity index (χ4n) is 5.61. The Morgan fingerprint density at radius 1 is 1.04 bits per heavy atom. The third-order valence-electron chi connectivity index (χ3n) is 8.03. The van der Waals surface area contributed by atoms with Crippen LogP contribution in [-0.4, -0.2) is 59.8 Å². The van der Waals surface area contributed by atoms with Crippen LogP contribution < -0.4 is 14.4 Å². The van der Waals surface area contributed by atoms with Crippen LogP contribution >= 0.6 is 0 Å². The van der Waals surface area contributed by atoms with Crippen LogP contribution in [0.5, 0.6) is 5.88 Å².